The second-order valence-corrected chi connectivity index (χ2v) is 2.93. The van der Waals surface area contributed by atoms with Crippen LogP contribution in [0.15, 0.2) is 0 Å². The standard InChI is InChI=1S/C4H12OSi.2Al.6H/c1-4(2)3-6-5;;;;;;;;/h4-5H,3,6H2,1-2H3;;;;;;;;. The minimum atomic E-state index is -0.633. The maximum atomic E-state index is 8.38. The second-order valence-electron chi connectivity index (χ2n) is 1.91. The summed E-state index contributed by atoms with van der Waals surface area (Å²) < 4.78 is 0. The van der Waals surface area contributed by atoms with Gasteiger partial charge in [-0.15, -0.1) is 0 Å². The van der Waals surface area contributed by atoms with Crippen LogP contribution in [-0.4, -0.2) is 49.3 Å². The Balaban J connectivity index is -0.000000125. The molecule has 0 fully saturated rings. The van der Waals surface area contributed by atoms with Crippen LogP contribution >= 0.6 is 0 Å². The summed E-state index contributed by atoms with van der Waals surface area (Å²) in [6.45, 7) is 4.26. The van der Waals surface area contributed by atoms with E-state index in [2.05, 4.69) is 13.8 Å². The fourth-order valence-electron chi connectivity index (χ4n) is 0.258. The molecule has 0 saturated heterocycles. The molecule has 8 heavy (non-hydrogen) atoms. The van der Waals surface area contributed by atoms with Crippen LogP contribution in [0.2, 0.25) is 6.04 Å². The molecule has 0 spiro atoms. The maximum absolute atomic E-state index is 8.38. The van der Waals surface area contributed by atoms with Crippen LogP contribution in [-0.2, 0) is 0 Å². The summed E-state index contributed by atoms with van der Waals surface area (Å²) >= 11 is 0. The van der Waals surface area contributed by atoms with Gasteiger partial charge >= 0.3 is 0 Å². The highest BCUT2D eigenvalue weighted by atomic mass is 28.2. The zero-order valence-electron chi connectivity index (χ0n) is 4.44. The molecule has 0 aromatic rings. The normalized spacial score (nSPS) is 9.00. The van der Waals surface area contributed by atoms with E-state index < -0.39 is 9.76 Å². The van der Waals surface area contributed by atoms with Gasteiger partial charge in [0.1, 0.15) is 0 Å². The van der Waals surface area contributed by atoms with Gasteiger partial charge in [-0.05, 0) is 12.0 Å². The van der Waals surface area contributed by atoms with Crippen molar-refractivity contribution in [1.82, 2.24) is 0 Å². The van der Waals surface area contributed by atoms with Crippen LogP contribution in [0.1, 0.15) is 13.8 Å². The Morgan fingerprint density at radius 3 is 1.75 bits per heavy atom. The second kappa shape index (κ2) is 11.1. The predicted molar refractivity (Wildman–Crippen MR) is 50.3 cm³/mol. The van der Waals surface area contributed by atoms with Gasteiger partial charge in [0, 0.05) is 0 Å². The molecule has 0 aliphatic carbocycles. The highest BCUT2D eigenvalue weighted by Crippen LogP contribution is 1.95. The van der Waals surface area contributed by atoms with Crippen molar-refractivity contribution in [3.05, 3.63) is 0 Å². The van der Waals surface area contributed by atoms with Crippen molar-refractivity contribution in [3.63, 3.8) is 0 Å². The van der Waals surface area contributed by atoms with Crippen molar-refractivity contribution < 1.29 is 4.80 Å². The molecule has 0 aromatic heterocycles. The average Bonchev–Trinajstić information content (AvgIpc) is 1.35. The Hall–Kier alpha value is 1.24. The van der Waals surface area contributed by atoms with E-state index in [1.54, 1.807) is 0 Å². The molecule has 0 amide bonds. The average molecular weight is 164 g/mol. The van der Waals surface area contributed by atoms with Crippen LogP contribution in [0.5, 0.6) is 0 Å². The van der Waals surface area contributed by atoms with Crippen molar-refractivity contribution >= 4 is 44.5 Å². The fourth-order valence-corrected chi connectivity index (χ4v) is 0.775. The summed E-state index contributed by atoms with van der Waals surface area (Å²) in [6, 6.07) is 1.07. The Bertz CT molecular complexity index is 35.2. The molecule has 0 unspecified atom stereocenters. The summed E-state index contributed by atoms with van der Waals surface area (Å²) in [5.41, 5.74) is 0. The molecule has 0 rings (SSSR count). The van der Waals surface area contributed by atoms with E-state index in [0.29, 0.717) is 5.92 Å². The van der Waals surface area contributed by atoms with E-state index in [9.17, 15) is 0 Å². The predicted octanol–water partition coefficient (Wildman–Crippen LogP) is -2.23. The van der Waals surface area contributed by atoms with Crippen LogP contribution < -0.4 is 0 Å². The van der Waals surface area contributed by atoms with Gasteiger partial charge < -0.3 is 4.80 Å². The SMILES string of the molecule is CC(C)C[SiH2]O.[AlH3].[AlH3]. The molecule has 0 radical (unpaired) electrons. The van der Waals surface area contributed by atoms with Crippen molar-refractivity contribution in [3.8, 4) is 0 Å². The van der Waals surface area contributed by atoms with Gasteiger partial charge in [0.05, 0.1) is 0 Å². The summed E-state index contributed by atoms with van der Waals surface area (Å²) in [5.74, 6) is 0.710. The summed E-state index contributed by atoms with van der Waals surface area (Å²) in [6.07, 6.45) is 0. The lowest BCUT2D eigenvalue weighted by Gasteiger charge is -1.94. The molecular weight excluding hydrogens is 146 g/mol. The van der Waals surface area contributed by atoms with E-state index in [0.717, 1.165) is 6.04 Å². The van der Waals surface area contributed by atoms with E-state index >= 15 is 0 Å². The molecule has 0 aliphatic rings. The molecule has 0 aromatic carbocycles. The van der Waals surface area contributed by atoms with Crippen LogP contribution in [0, 0.1) is 5.92 Å². The van der Waals surface area contributed by atoms with Gasteiger partial charge in [0.15, 0.2) is 44.5 Å². The minimum absolute atomic E-state index is 0. The summed E-state index contributed by atoms with van der Waals surface area (Å²) in [5, 5.41) is 0. The number of hydrogen-bond acceptors (Lipinski definition) is 1. The monoisotopic (exact) mass is 164 g/mol. The van der Waals surface area contributed by atoms with E-state index in [1.165, 1.54) is 0 Å². The van der Waals surface area contributed by atoms with E-state index in [1.807, 2.05) is 0 Å². The van der Waals surface area contributed by atoms with Crippen molar-refractivity contribution in [1.29, 1.82) is 0 Å². The van der Waals surface area contributed by atoms with E-state index in [-0.39, 0.29) is 34.7 Å². The molecule has 0 heterocycles. The van der Waals surface area contributed by atoms with Crippen LogP contribution in [0.4, 0.5) is 0 Å². The summed E-state index contributed by atoms with van der Waals surface area (Å²) in [7, 11) is -0.633. The minimum Gasteiger partial charge on any atom is -0.438 e. The fraction of sp³-hybridized carbons (Fsp3) is 1.00. The number of hydrogen-bond donors (Lipinski definition) is 1. The molecule has 1 nitrogen and oxygen atoms in total. The third-order valence-electron chi connectivity index (χ3n) is 0.706. The Morgan fingerprint density at radius 1 is 1.38 bits per heavy atom. The number of rotatable bonds is 2. The Morgan fingerprint density at radius 2 is 1.75 bits per heavy atom. The van der Waals surface area contributed by atoms with Crippen molar-refractivity contribution in [2.24, 2.45) is 5.92 Å². The van der Waals surface area contributed by atoms with Gasteiger partial charge in [0.25, 0.3) is 0 Å². The van der Waals surface area contributed by atoms with Gasteiger partial charge in [0.2, 0.25) is 0 Å². The maximum Gasteiger partial charge on any atom is 0.187 e. The third kappa shape index (κ3) is 15.7. The first kappa shape index (κ1) is 16.1. The largest absolute Gasteiger partial charge is 0.438 e. The van der Waals surface area contributed by atoms with Crippen molar-refractivity contribution in [2.45, 2.75) is 19.9 Å². The van der Waals surface area contributed by atoms with Crippen LogP contribution in [0.3, 0.4) is 0 Å². The van der Waals surface area contributed by atoms with Crippen molar-refractivity contribution in [2.75, 3.05) is 0 Å². The van der Waals surface area contributed by atoms with Gasteiger partial charge in [-0.3, -0.25) is 0 Å². The summed E-state index contributed by atoms with van der Waals surface area (Å²) in [4.78, 5) is 8.38. The zero-order valence-corrected chi connectivity index (χ0v) is 5.85. The van der Waals surface area contributed by atoms with Gasteiger partial charge in [-0.1, -0.05) is 13.8 Å². The first-order valence-corrected chi connectivity index (χ1v) is 4.01. The lowest BCUT2D eigenvalue weighted by atomic mass is 10.3. The molecular formula is C4H18Al2OSi. The van der Waals surface area contributed by atoms with Gasteiger partial charge in [-0.25, -0.2) is 0 Å². The van der Waals surface area contributed by atoms with Gasteiger partial charge in [-0.2, -0.15) is 0 Å². The smallest absolute Gasteiger partial charge is 0.187 e. The molecule has 0 atom stereocenters. The Kier molecular flexibility index (Phi) is 22.3. The third-order valence-corrected chi connectivity index (χ3v) is 2.12. The molecule has 50 valence electrons. The highest BCUT2D eigenvalue weighted by molar-refractivity contribution is 6.25. The topological polar surface area (TPSA) is 20.2 Å². The van der Waals surface area contributed by atoms with Crippen LogP contribution in [0.25, 0.3) is 0 Å². The quantitative estimate of drug-likeness (QED) is 0.458. The Labute approximate surface area is 75.1 Å². The lowest BCUT2D eigenvalue weighted by Crippen LogP contribution is -1.92. The molecule has 0 aliphatic heterocycles. The molecule has 1 N–H and O–H groups in total. The molecule has 0 bridgehead atoms. The molecule has 0 saturated carbocycles. The highest BCUT2D eigenvalue weighted by Gasteiger charge is 1.87. The molecule has 4 heteroatoms. The van der Waals surface area contributed by atoms with E-state index in [4.69, 9.17) is 4.80 Å². The first-order chi connectivity index (χ1) is 2.77. The zero-order chi connectivity index (χ0) is 4.99. The first-order valence-electron chi connectivity index (χ1n) is 2.38. The lowest BCUT2D eigenvalue weighted by molar-refractivity contribution is 0.578.